The van der Waals surface area contributed by atoms with E-state index in [2.05, 4.69) is 9.97 Å². The van der Waals surface area contributed by atoms with E-state index in [0.29, 0.717) is 5.52 Å². The number of hydrogen-bond acceptors (Lipinski definition) is 5. The van der Waals surface area contributed by atoms with Crippen LogP contribution in [0.25, 0.3) is 22.1 Å². The highest BCUT2D eigenvalue weighted by atomic mass is 19.1. The molecule has 0 saturated carbocycles. The summed E-state index contributed by atoms with van der Waals surface area (Å²) in [5.41, 5.74) is -1.59. The average Bonchev–Trinajstić information content (AvgIpc) is 2.54. The average molecular weight is 274 g/mol. The molecule has 2 heterocycles. The first-order valence-electron chi connectivity index (χ1n) is 5.60. The van der Waals surface area contributed by atoms with E-state index in [1.54, 1.807) is 0 Å². The number of rotatable bonds is 0. The number of aromatic amines is 1. The Morgan fingerprint density at radius 3 is 2.65 bits per heavy atom. The Balaban J connectivity index is 2.73. The lowest BCUT2D eigenvalue weighted by Crippen LogP contribution is -2.18. The van der Waals surface area contributed by atoms with E-state index in [-0.39, 0.29) is 16.6 Å². The van der Waals surface area contributed by atoms with Crippen molar-refractivity contribution in [1.29, 1.82) is 0 Å². The summed E-state index contributed by atoms with van der Waals surface area (Å²) in [5, 5.41) is 0.240. The monoisotopic (exact) mass is 274 g/mol. The van der Waals surface area contributed by atoms with E-state index in [9.17, 15) is 18.8 Å². The molecule has 3 aromatic rings. The summed E-state index contributed by atoms with van der Waals surface area (Å²) in [4.78, 5) is 43.7. The van der Waals surface area contributed by atoms with Gasteiger partial charge >= 0.3 is 11.4 Å². The van der Waals surface area contributed by atoms with Crippen LogP contribution in [-0.4, -0.2) is 25.4 Å². The summed E-state index contributed by atoms with van der Waals surface area (Å²) in [6, 6.07) is 3.67. The van der Waals surface area contributed by atoms with Crippen LogP contribution in [0.3, 0.4) is 0 Å². The first-order chi connectivity index (χ1) is 9.47. The van der Waals surface area contributed by atoms with Crippen LogP contribution in [0.5, 0.6) is 0 Å². The lowest BCUT2D eigenvalue weighted by molar-refractivity contribution is 0.0945. The number of hydrogen-bond donors (Lipinski definition) is 1. The zero-order valence-corrected chi connectivity index (χ0v) is 10.2. The molecule has 0 spiro atoms. The van der Waals surface area contributed by atoms with Gasteiger partial charge in [0.25, 0.3) is 0 Å². The third-order valence-corrected chi connectivity index (χ3v) is 2.83. The molecule has 8 heteroatoms. The largest absolute Gasteiger partial charge is 0.351 e. The Kier molecular flexibility index (Phi) is 2.46. The second-order valence-corrected chi connectivity index (χ2v) is 4.15. The first kappa shape index (κ1) is 12.2. The van der Waals surface area contributed by atoms with Crippen LogP contribution >= 0.6 is 0 Å². The molecule has 2 aromatic heterocycles. The van der Waals surface area contributed by atoms with Gasteiger partial charge in [-0.25, -0.2) is 14.0 Å². The van der Waals surface area contributed by atoms with Crippen LogP contribution in [0.4, 0.5) is 4.39 Å². The van der Waals surface area contributed by atoms with Gasteiger partial charge in [-0.3, -0.25) is 14.3 Å². The minimum atomic E-state index is -0.928. The first-order valence-corrected chi connectivity index (χ1v) is 5.60. The SMILES string of the molecule is CC(=O)n1c2ccc(F)cc2c2nc(=O)[nH]c(=O)nc21. The van der Waals surface area contributed by atoms with Gasteiger partial charge in [-0.1, -0.05) is 0 Å². The predicted octanol–water partition coefficient (Wildman–Crippen LogP) is 0.432. The van der Waals surface area contributed by atoms with Crippen LogP contribution in [-0.2, 0) is 0 Å². The topological polar surface area (TPSA) is 97.7 Å². The highest BCUT2D eigenvalue weighted by Gasteiger charge is 2.16. The molecular formula is C12H7FN4O3. The molecular weight excluding hydrogens is 267 g/mol. The Labute approximate surface area is 109 Å². The Morgan fingerprint density at radius 2 is 1.95 bits per heavy atom. The number of benzene rings is 1. The van der Waals surface area contributed by atoms with Gasteiger partial charge in [-0.05, 0) is 18.2 Å². The lowest BCUT2D eigenvalue weighted by atomic mass is 10.2. The van der Waals surface area contributed by atoms with Gasteiger partial charge in [-0.2, -0.15) is 9.97 Å². The van der Waals surface area contributed by atoms with E-state index >= 15 is 0 Å². The van der Waals surface area contributed by atoms with Crippen molar-refractivity contribution in [1.82, 2.24) is 19.5 Å². The number of halogens is 1. The number of aromatic nitrogens is 4. The molecule has 100 valence electrons. The number of fused-ring (bicyclic) bond motifs is 3. The smallest absolute Gasteiger partial charge is 0.274 e. The highest BCUT2D eigenvalue weighted by molar-refractivity contribution is 6.09. The summed E-state index contributed by atoms with van der Waals surface area (Å²) < 4.78 is 14.5. The van der Waals surface area contributed by atoms with Crippen LogP contribution in [0.2, 0.25) is 0 Å². The van der Waals surface area contributed by atoms with E-state index in [1.165, 1.54) is 19.1 Å². The minimum Gasteiger partial charge on any atom is -0.274 e. The predicted molar refractivity (Wildman–Crippen MR) is 68.2 cm³/mol. The molecule has 3 rings (SSSR count). The molecule has 7 nitrogen and oxygen atoms in total. The fourth-order valence-electron chi connectivity index (χ4n) is 2.11. The number of carbonyl (C=O) groups excluding carboxylic acids is 1. The van der Waals surface area contributed by atoms with E-state index in [0.717, 1.165) is 10.6 Å². The molecule has 1 aromatic carbocycles. The van der Waals surface area contributed by atoms with Crippen LogP contribution in [0.1, 0.15) is 11.7 Å². The third kappa shape index (κ3) is 1.69. The molecule has 1 N–H and O–H groups in total. The van der Waals surface area contributed by atoms with Crippen molar-refractivity contribution in [2.45, 2.75) is 6.92 Å². The van der Waals surface area contributed by atoms with Crippen LogP contribution < -0.4 is 11.4 Å². The summed E-state index contributed by atoms with van der Waals surface area (Å²) in [6.07, 6.45) is 0. The number of H-pyrrole nitrogens is 1. The van der Waals surface area contributed by atoms with Gasteiger partial charge in [0.15, 0.2) is 5.65 Å². The Bertz CT molecular complexity index is 990. The van der Waals surface area contributed by atoms with Crippen molar-refractivity contribution in [3.63, 3.8) is 0 Å². The third-order valence-electron chi connectivity index (χ3n) is 2.83. The zero-order valence-electron chi connectivity index (χ0n) is 10.2. The molecule has 0 radical (unpaired) electrons. The van der Waals surface area contributed by atoms with Gasteiger partial charge in [-0.15, -0.1) is 0 Å². The van der Waals surface area contributed by atoms with Crippen molar-refractivity contribution >= 4 is 28.0 Å². The van der Waals surface area contributed by atoms with Crippen molar-refractivity contribution in [3.8, 4) is 0 Å². The van der Waals surface area contributed by atoms with Gasteiger partial charge in [0.1, 0.15) is 11.3 Å². The molecule has 0 aliphatic carbocycles. The van der Waals surface area contributed by atoms with Gasteiger partial charge in [0, 0.05) is 12.3 Å². The molecule has 0 aliphatic heterocycles. The zero-order chi connectivity index (χ0) is 14.4. The molecule has 0 bridgehead atoms. The van der Waals surface area contributed by atoms with Gasteiger partial charge in [0.2, 0.25) is 5.91 Å². The quantitative estimate of drug-likeness (QED) is 0.641. The fraction of sp³-hybridized carbons (Fsp3) is 0.0833. The molecule has 0 saturated heterocycles. The van der Waals surface area contributed by atoms with Crippen molar-refractivity contribution < 1.29 is 9.18 Å². The molecule has 0 amide bonds. The van der Waals surface area contributed by atoms with Gasteiger partial charge < -0.3 is 0 Å². The highest BCUT2D eigenvalue weighted by Crippen LogP contribution is 2.25. The number of carbonyl (C=O) groups is 1. The second kappa shape index (κ2) is 4.05. The maximum atomic E-state index is 13.4. The molecule has 0 aliphatic rings. The summed E-state index contributed by atoms with van der Waals surface area (Å²) in [6.45, 7) is 1.27. The van der Waals surface area contributed by atoms with E-state index < -0.39 is 23.1 Å². The van der Waals surface area contributed by atoms with Crippen LogP contribution in [0.15, 0.2) is 27.8 Å². The molecule has 0 atom stereocenters. The lowest BCUT2D eigenvalue weighted by Gasteiger charge is -1.98. The standard InChI is InChI=1S/C12H7FN4O3/c1-5(18)17-8-3-2-6(13)4-7(8)9-10(17)15-12(20)16-11(19)14-9/h2-4H,1H3,(H,16,19,20). The van der Waals surface area contributed by atoms with E-state index in [4.69, 9.17) is 0 Å². The number of nitrogens with one attached hydrogen (secondary N) is 1. The minimum absolute atomic E-state index is 0.00181. The maximum Gasteiger partial charge on any atom is 0.351 e. The van der Waals surface area contributed by atoms with Gasteiger partial charge in [0.05, 0.1) is 5.52 Å². The second-order valence-electron chi connectivity index (χ2n) is 4.15. The normalized spacial score (nSPS) is 11.1. The Hall–Kier alpha value is -2.90. The summed E-state index contributed by atoms with van der Waals surface area (Å²) in [7, 11) is 0. The van der Waals surface area contributed by atoms with Crippen molar-refractivity contribution in [3.05, 3.63) is 45.0 Å². The molecule has 0 unspecified atom stereocenters. The Morgan fingerprint density at radius 1 is 1.25 bits per heavy atom. The maximum absolute atomic E-state index is 13.4. The summed E-state index contributed by atoms with van der Waals surface area (Å²) in [5.74, 6) is -0.976. The van der Waals surface area contributed by atoms with Crippen molar-refractivity contribution in [2.24, 2.45) is 0 Å². The fourth-order valence-corrected chi connectivity index (χ4v) is 2.11. The number of nitrogens with zero attached hydrogens (tertiary/aromatic N) is 3. The molecule has 0 fully saturated rings. The summed E-state index contributed by atoms with van der Waals surface area (Å²) >= 11 is 0. The van der Waals surface area contributed by atoms with Crippen molar-refractivity contribution in [2.75, 3.05) is 0 Å². The molecule has 20 heavy (non-hydrogen) atoms. The van der Waals surface area contributed by atoms with Crippen LogP contribution in [0, 0.1) is 5.82 Å². The van der Waals surface area contributed by atoms with E-state index in [1.807, 2.05) is 4.98 Å².